The summed E-state index contributed by atoms with van der Waals surface area (Å²) in [5.41, 5.74) is 0.738. The van der Waals surface area contributed by atoms with E-state index in [1.165, 1.54) is 11.8 Å². The number of alkyl halides is 1. The molecular weight excluding hydrogens is 346 g/mol. The van der Waals surface area contributed by atoms with Crippen LogP contribution in [0, 0.1) is 0 Å². The van der Waals surface area contributed by atoms with Crippen LogP contribution in [0.3, 0.4) is 0 Å². The molecule has 6 heteroatoms. The predicted molar refractivity (Wildman–Crippen MR) is 80.0 cm³/mol. The van der Waals surface area contributed by atoms with E-state index >= 15 is 0 Å². The number of hydrogen-bond donors (Lipinski definition) is 1. The first-order chi connectivity index (χ1) is 9.49. The Morgan fingerprint density at radius 1 is 1.45 bits per heavy atom. The average molecular weight is 359 g/mol. The van der Waals surface area contributed by atoms with Crippen molar-refractivity contribution in [1.82, 2.24) is 4.90 Å². The van der Waals surface area contributed by atoms with Crippen molar-refractivity contribution in [1.29, 1.82) is 0 Å². The standard InChI is InChI=1S/C14H13BrClNO3/c1-8(18)11-12(9-4-2-3-5-10(9)16)17(7-6-15)14(20)13(11)19/h2-5,12,19H,6-7H2,1H3/t12-/m0/s1. The second-order valence-corrected chi connectivity index (χ2v) is 5.63. The molecule has 0 bridgehead atoms. The number of benzene rings is 1. The van der Waals surface area contributed by atoms with Crippen LogP contribution in [0.5, 0.6) is 0 Å². The van der Waals surface area contributed by atoms with Gasteiger partial charge in [-0.15, -0.1) is 0 Å². The van der Waals surface area contributed by atoms with Gasteiger partial charge in [-0.05, 0) is 18.6 Å². The summed E-state index contributed by atoms with van der Waals surface area (Å²) in [5.74, 6) is -1.36. The zero-order chi connectivity index (χ0) is 14.9. The third-order valence-electron chi connectivity index (χ3n) is 3.21. The van der Waals surface area contributed by atoms with Gasteiger partial charge in [0, 0.05) is 16.9 Å². The number of hydrogen-bond acceptors (Lipinski definition) is 3. The highest BCUT2D eigenvalue weighted by molar-refractivity contribution is 9.09. The highest BCUT2D eigenvalue weighted by Crippen LogP contribution is 2.40. The second kappa shape index (κ2) is 5.97. The number of aliphatic hydroxyl groups excluding tert-OH is 1. The zero-order valence-corrected chi connectivity index (χ0v) is 13.1. The van der Waals surface area contributed by atoms with Crippen LogP contribution >= 0.6 is 27.5 Å². The first kappa shape index (κ1) is 15.1. The Labute approximate surface area is 130 Å². The Kier molecular flexibility index (Phi) is 4.50. The second-order valence-electron chi connectivity index (χ2n) is 4.43. The van der Waals surface area contributed by atoms with Crippen LogP contribution in [0.1, 0.15) is 18.5 Å². The molecule has 0 aromatic heterocycles. The smallest absolute Gasteiger partial charge is 0.290 e. The lowest BCUT2D eigenvalue weighted by Crippen LogP contribution is -2.32. The van der Waals surface area contributed by atoms with Crippen molar-refractivity contribution in [2.24, 2.45) is 0 Å². The molecule has 0 fully saturated rings. The number of carbonyl (C=O) groups is 2. The van der Waals surface area contributed by atoms with Gasteiger partial charge >= 0.3 is 0 Å². The van der Waals surface area contributed by atoms with E-state index in [9.17, 15) is 14.7 Å². The molecule has 4 nitrogen and oxygen atoms in total. The summed E-state index contributed by atoms with van der Waals surface area (Å²) in [6.45, 7) is 1.70. The molecule has 1 N–H and O–H groups in total. The lowest BCUT2D eigenvalue weighted by Gasteiger charge is -2.26. The van der Waals surface area contributed by atoms with E-state index in [0.29, 0.717) is 22.5 Å². The molecule has 0 spiro atoms. The van der Waals surface area contributed by atoms with Crippen molar-refractivity contribution in [2.45, 2.75) is 13.0 Å². The third-order valence-corrected chi connectivity index (χ3v) is 3.91. The van der Waals surface area contributed by atoms with E-state index in [1.807, 2.05) is 0 Å². The minimum atomic E-state index is -0.633. The lowest BCUT2D eigenvalue weighted by molar-refractivity contribution is -0.129. The normalized spacial score (nSPS) is 18.9. The van der Waals surface area contributed by atoms with Crippen LogP contribution in [-0.4, -0.2) is 33.6 Å². The molecule has 0 aliphatic carbocycles. The Morgan fingerprint density at radius 2 is 2.10 bits per heavy atom. The number of amides is 1. The summed E-state index contributed by atoms with van der Waals surface area (Å²) in [6.07, 6.45) is 0. The summed E-state index contributed by atoms with van der Waals surface area (Å²) in [5, 5.41) is 11.0. The summed E-state index contributed by atoms with van der Waals surface area (Å²) >= 11 is 9.44. The molecule has 1 aliphatic heterocycles. The van der Waals surface area contributed by atoms with Crippen LogP contribution in [-0.2, 0) is 9.59 Å². The molecule has 106 valence electrons. The monoisotopic (exact) mass is 357 g/mol. The Morgan fingerprint density at radius 3 is 2.65 bits per heavy atom. The fourth-order valence-electron chi connectivity index (χ4n) is 2.36. The van der Waals surface area contributed by atoms with Crippen LogP contribution in [0.15, 0.2) is 35.6 Å². The van der Waals surface area contributed by atoms with Crippen molar-refractivity contribution in [3.8, 4) is 0 Å². The van der Waals surface area contributed by atoms with Gasteiger partial charge in [-0.2, -0.15) is 0 Å². The molecule has 0 saturated heterocycles. The number of Topliss-reactive ketones (excluding diaryl/α,β-unsaturated/α-hetero) is 1. The van der Waals surface area contributed by atoms with Crippen molar-refractivity contribution in [3.05, 3.63) is 46.2 Å². The molecule has 2 rings (SSSR count). The van der Waals surface area contributed by atoms with Crippen molar-refractivity contribution < 1.29 is 14.7 Å². The third kappa shape index (κ3) is 2.47. The summed E-state index contributed by atoms with van der Waals surface area (Å²) in [6, 6.07) is 6.37. The SMILES string of the molecule is CC(=O)C1=C(O)C(=O)N(CCBr)[C@H]1c1ccccc1Cl. The van der Waals surface area contributed by atoms with Gasteiger partial charge in [0.1, 0.15) is 0 Å². The van der Waals surface area contributed by atoms with Crippen LogP contribution in [0.2, 0.25) is 5.02 Å². The maximum atomic E-state index is 12.1. The maximum absolute atomic E-state index is 12.1. The van der Waals surface area contributed by atoms with Crippen LogP contribution in [0.4, 0.5) is 0 Å². The minimum absolute atomic E-state index is 0.101. The highest BCUT2D eigenvalue weighted by atomic mass is 79.9. The number of nitrogens with zero attached hydrogens (tertiary/aromatic N) is 1. The van der Waals surface area contributed by atoms with Gasteiger partial charge < -0.3 is 10.0 Å². The van der Waals surface area contributed by atoms with Gasteiger partial charge in [0.2, 0.25) is 0 Å². The number of rotatable bonds is 4. The van der Waals surface area contributed by atoms with Crippen molar-refractivity contribution >= 4 is 39.2 Å². The first-order valence-electron chi connectivity index (χ1n) is 6.04. The molecule has 1 aromatic rings. The Hall–Kier alpha value is -1.33. The molecule has 1 aliphatic rings. The van der Waals surface area contributed by atoms with Gasteiger partial charge in [0.05, 0.1) is 11.6 Å². The topological polar surface area (TPSA) is 57.6 Å². The summed E-state index contributed by atoms with van der Waals surface area (Å²) in [4.78, 5) is 25.3. The zero-order valence-electron chi connectivity index (χ0n) is 10.8. The van der Waals surface area contributed by atoms with Gasteiger partial charge in [-0.25, -0.2) is 0 Å². The largest absolute Gasteiger partial charge is 0.503 e. The molecule has 0 radical (unpaired) electrons. The van der Waals surface area contributed by atoms with Crippen molar-refractivity contribution in [3.63, 3.8) is 0 Å². The number of aliphatic hydroxyl groups is 1. The molecule has 20 heavy (non-hydrogen) atoms. The minimum Gasteiger partial charge on any atom is -0.503 e. The van der Waals surface area contributed by atoms with E-state index in [4.69, 9.17) is 11.6 Å². The molecular formula is C14H13BrClNO3. The molecule has 1 heterocycles. The lowest BCUT2D eigenvalue weighted by atomic mass is 9.97. The number of carbonyl (C=O) groups excluding carboxylic acids is 2. The highest BCUT2D eigenvalue weighted by Gasteiger charge is 2.42. The fraction of sp³-hybridized carbons (Fsp3) is 0.286. The van der Waals surface area contributed by atoms with E-state index in [1.54, 1.807) is 24.3 Å². The summed E-state index contributed by atoms with van der Waals surface area (Å²) < 4.78 is 0. The number of ketones is 1. The Bertz CT molecular complexity index is 600. The first-order valence-corrected chi connectivity index (χ1v) is 7.54. The van der Waals surface area contributed by atoms with Gasteiger partial charge in [-0.3, -0.25) is 9.59 Å². The maximum Gasteiger partial charge on any atom is 0.290 e. The molecule has 1 amide bonds. The van der Waals surface area contributed by atoms with Gasteiger partial charge in [-0.1, -0.05) is 45.7 Å². The van der Waals surface area contributed by atoms with Crippen LogP contribution in [0.25, 0.3) is 0 Å². The summed E-state index contributed by atoms with van der Waals surface area (Å²) in [7, 11) is 0. The van der Waals surface area contributed by atoms with E-state index < -0.39 is 17.7 Å². The molecule has 0 unspecified atom stereocenters. The van der Waals surface area contributed by atoms with Gasteiger partial charge in [0.15, 0.2) is 11.5 Å². The molecule has 0 saturated carbocycles. The molecule has 1 aromatic carbocycles. The predicted octanol–water partition coefficient (Wildman–Crippen LogP) is 3.02. The van der Waals surface area contributed by atoms with Gasteiger partial charge in [0.25, 0.3) is 5.91 Å². The van der Waals surface area contributed by atoms with Crippen LogP contribution < -0.4 is 0 Å². The Balaban J connectivity index is 2.58. The quantitative estimate of drug-likeness (QED) is 0.842. The molecule has 1 atom stereocenters. The van der Waals surface area contributed by atoms with Crippen molar-refractivity contribution in [2.75, 3.05) is 11.9 Å². The van der Waals surface area contributed by atoms with E-state index in [2.05, 4.69) is 15.9 Å². The number of halogens is 2. The van der Waals surface area contributed by atoms with E-state index in [0.717, 1.165) is 0 Å². The fourth-order valence-corrected chi connectivity index (χ4v) is 2.98. The average Bonchev–Trinajstić information content (AvgIpc) is 2.65. The van der Waals surface area contributed by atoms with E-state index in [-0.39, 0.29) is 11.4 Å².